The zero-order chi connectivity index (χ0) is 14.4. The van der Waals surface area contributed by atoms with Gasteiger partial charge in [0.05, 0.1) is 0 Å². The van der Waals surface area contributed by atoms with Crippen LogP contribution in [-0.4, -0.2) is 23.1 Å². The summed E-state index contributed by atoms with van der Waals surface area (Å²) < 4.78 is 0. The Morgan fingerprint density at radius 1 is 1.15 bits per heavy atom. The fourth-order valence-corrected chi connectivity index (χ4v) is 2.92. The van der Waals surface area contributed by atoms with Crippen LogP contribution >= 0.6 is 0 Å². The number of anilines is 2. The maximum absolute atomic E-state index is 4.47. The van der Waals surface area contributed by atoms with Gasteiger partial charge in [0.2, 0.25) is 0 Å². The smallest absolute Gasteiger partial charge is 0.134 e. The van der Waals surface area contributed by atoms with Crippen molar-refractivity contribution in [1.82, 2.24) is 9.97 Å². The second-order valence-electron chi connectivity index (χ2n) is 6.10. The minimum absolute atomic E-state index is 0.418. The minimum atomic E-state index is 0.418. The molecule has 0 unspecified atom stereocenters. The Balaban J connectivity index is 2.09. The third-order valence-electron chi connectivity index (χ3n) is 4.04. The van der Waals surface area contributed by atoms with E-state index in [0.29, 0.717) is 5.92 Å². The molecular formula is C16H28N4. The van der Waals surface area contributed by atoms with Gasteiger partial charge in [-0.25, -0.2) is 9.97 Å². The van der Waals surface area contributed by atoms with Crippen molar-refractivity contribution in [2.75, 3.05) is 23.7 Å². The van der Waals surface area contributed by atoms with E-state index in [1.54, 1.807) is 6.33 Å². The van der Waals surface area contributed by atoms with Gasteiger partial charge >= 0.3 is 0 Å². The molecular weight excluding hydrogens is 248 g/mol. The van der Waals surface area contributed by atoms with E-state index in [1.165, 1.54) is 31.2 Å². The molecule has 20 heavy (non-hydrogen) atoms. The van der Waals surface area contributed by atoms with Crippen LogP contribution in [0.15, 0.2) is 6.33 Å². The second kappa shape index (κ2) is 7.46. The third-order valence-corrected chi connectivity index (χ3v) is 4.04. The molecule has 4 nitrogen and oxygen atoms in total. The van der Waals surface area contributed by atoms with Gasteiger partial charge in [0.15, 0.2) is 0 Å². The van der Waals surface area contributed by atoms with Gasteiger partial charge in [0.25, 0.3) is 0 Å². The molecule has 0 aliphatic heterocycles. The first-order chi connectivity index (χ1) is 9.72. The van der Waals surface area contributed by atoms with Crippen molar-refractivity contribution in [3.05, 3.63) is 11.9 Å². The summed E-state index contributed by atoms with van der Waals surface area (Å²) in [4.78, 5) is 8.88. The third kappa shape index (κ3) is 3.84. The molecule has 1 fully saturated rings. The summed E-state index contributed by atoms with van der Waals surface area (Å²) >= 11 is 0. The normalized spacial score (nSPS) is 15.8. The van der Waals surface area contributed by atoms with E-state index >= 15 is 0 Å². The summed E-state index contributed by atoms with van der Waals surface area (Å²) in [6.45, 7) is 8.58. The number of aromatic nitrogens is 2. The SMILES string of the molecule is CCCNc1ncnc(NCC2CCCC2)c1C(C)C. The molecule has 1 heterocycles. The van der Waals surface area contributed by atoms with E-state index in [4.69, 9.17) is 0 Å². The van der Waals surface area contributed by atoms with Crippen LogP contribution in [0.1, 0.15) is 64.4 Å². The zero-order valence-electron chi connectivity index (χ0n) is 13.1. The lowest BCUT2D eigenvalue weighted by Crippen LogP contribution is -2.16. The summed E-state index contributed by atoms with van der Waals surface area (Å²) in [6, 6.07) is 0. The van der Waals surface area contributed by atoms with Gasteiger partial charge < -0.3 is 10.6 Å². The van der Waals surface area contributed by atoms with E-state index in [1.807, 2.05) is 0 Å². The van der Waals surface area contributed by atoms with Crippen LogP contribution in [0.4, 0.5) is 11.6 Å². The molecule has 4 heteroatoms. The molecule has 0 aromatic carbocycles. The van der Waals surface area contributed by atoms with Crippen molar-refractivity contribution in [2.24, 2.45) is 5.92 Å². The lowest BCUT2D eigenvalue weighted by Gasteiger charge is -2.19. The first kappa shape index (κ1) is 15.1. The molecule has 0 bridgehead atoms. The second-order valence-corrected chi connectivity index (χ2v) is 6.10. The van der Waals surface area contributed by atoms with E-state index in [9.17, 15) is 0 Å². The monoisotopic (exact) mass is 276 g/mol. The van der Waals surface area contributed by atoms with Gasteiger partial charge in [-0.15, -0.1) is 0 Å². The number of rotatable bonds is 7. The van der Waals surface area contributed by atoms with Crippen molar-refractivity contribution in [3.8, 4) is 0 Å². The summed E-state index contributed by atoms with van der Waals surface area (Å²) in [5.74, 6) is 3.24. The molecule has 1 aromatic heterocycles. The fourth-order valence-electron chi connectivity index (χ4n) is 2.92. The largest absolute Gasteiger partial charge is 0.370 e. The molecule has 112 valence electrons. The molecule has 0 atom stereocenters. The van der Waals surface area contributed by atoms with Crippen molar-refractivity contribution in [3.63, 3.8) is 0 Å². The number of nitrogens with one attached hydrogen (secondary N) is 2. The molecule has 1 aliphatic carbocycles. The van der Waals surface area contributed by atoms with Crippen molar-refractivity contribution in [1.29, 1.82) is 0 Å². The molecule has 1 saturated carbocycles. The lowest BCUT2D eigenvalue weighted by atomic mass is 10.0. The molecule has 1 aliphatic rings. The Bertz CT molecular complexity index is 411. The maximum atomic E-state index is 4.47. The maximum Gasteiger partial charge on any atom is 0.134 e. The molecule has 0 spiro atoms. The van der Waals surface area contributed by atoms with E-state index in [2.05, 4.69) is 41.4 Å². The summed E-state index contributed by atoms with van der Waals surface area (Å²) in [5, 5.41) is 6.98. The highest BCUT2D eigenvalue weighted by Gasteiger charge is 2.18. The molecule has 0 amide bonds. The highest BCUT2D eigenvalue weighted by molar-refractivity contribution is 5.59. The Kier molecular flexibility index (Phi) is 5.62. The van der Waals surface area contributed by atoms with Crippen LogP contribution in [0.2, 0.25) is 0 Å². The van der Waals surface area contributed by atoms with Gasteiger partial charge in [0, 0.05) is 18.7 Å². The van der Waals surface area contributed by atoms with Crippen molar-refractivity contribution >= 4 is 11.6 Å². The Morgan fingerprint density at radius 2 is 1.80 bits per heavy atom. The molecule has 0 radical (unpaired) electrons. The van der Waals surface area contributed by atoms with Crippen molar-refractivity contribution < 1.29 is 0 Å². The van der Waals surface area contributed by atoms with Crippen LogP contribution in [-0.2, 0) is 0 Å². The van der Waals surface area contributed by atoms with Gasteiger partial charge in [-0.3, -0.25) is 0 Å². The van der Waals surface area contributed by atoms with Crippen LogP contribution in [0.5, 0.6) is 0 Å². The first-order valence-corrected chi connectivity index (χ1v) is 8.05. The molecule has 2 rings (SSSR count). The summed E-state index contributed by atoms with van der Waals surface area (Å²) in [5.41, 5.74) is 1.22. The van der Waals surface area contributed by atoms with Crippen LogP contribution in [0.3, 0.4) is 0 Å². The standard InChI is InChI=1S/C16H28N4/c1-4-9-17-15-14(12(2)3)16(20-11-19-15)18-10-13-7-5-6-8-13/h11-13H,4-10H2,1-3H3,(H2,17,18,19,20). The lowest BCUT2D eigenvalue weighted by molar-refractivity contribution is 0.578. The molecule has 1 aromatic rings. The van der Waals surface area contributed by atoms with Gasteiger partial charge in [-0.05, 0) is 31.1 Å². The highest BCUT2D eigenvalue weighted by atomic mass is 15.1. The Hall–Kier alpha value is -1.32. The molecule has 0 saturated heterocycles. The predicted molar refractivity (Wildman–Crippen MR) is 85.3 cm³/mol. The number of nitrogens with zero attached hydrogens (tertiary/aromatic N) is 2. The van der Waals surface area contributed by atoms with E-state index in [-0.39, 0.29) is 0 Å². The van der Waals surface area contributed by atoms with Crippen LogP contribution in [0.25, 0.3) is 0 Å². The highest BCUT2D eigenvalue weighted by Crippen LogP contribution is 2.30. The van der Waals surface area contributed by atoms with Gasteiger partial charge in [-0.1, -0.05) is 33.6 Å². The zero-order valence-corrected chi connectivity index (χ0v) is 13.1. The van der Waals surface area contributed by atoms with Crippen LogP contribution in [0, 0.1) is 5.92 Å². The minimum Gasteiger partial charge on any atom is -0.370 e. The van der Waals surface area contributed by atoms with E-state index < -0.39 is 0 Å². The summed E-state index contributed by atoms with van der Waals surface area (Å²) in [7, 11) is 0. The first-order valence-electron chi connectivity index (χ1n) is 8.05. The molecule has 2 N–H and O–H groups in total. The van der Waals surface area contributed by atoms with Gasteiger partial charge in [-0.2, -0.15) is 0 Å². The van der Waals surface area contributed by atoms with Crippen molar-refractivity contribution in [2.45, 2.75) is 58.8 Å². The van der Waals surface area contributed by atoms with Crippen LogP contribution < -0.4 is 10.6 Å². The average molecular weight is 276 g/mol. The average Bonchev–Trinajstić information content (AvgIpc) is 2.95. The quantitative estimate of drug-likeness (QED) is 0.789. The topological polar surface area (TPSA) is 49.8 Å². The Morgan fingerprint density at radius 3 is 2.40 bits per heavy atom. The Labute approximate surface area is 122 Å². The summed E-state index contributed by atoms with van der Waals surface area (Å²) in [6.07, 6.45) is 8.26. The van der Waals surface area contributed by atoms with E-state index in [0.717, 1.165) is 37.1 Å². The number of hydrogen-bond acceptors (Lipinski definition) is 4. The van der Waals surface area contributed by atoms with Gasteiger partial charge in [0.1, 0.15) is 18.0 Å². The number of hydrogen-bond donors (Lipinski definition) is 2. The fraction of sp³-hybridized carbons (Fsp3) is 0.750. The predicted octanol–water partition coefficient (Wildman–Crippen LogP) is 4.02.